The number of nitro groups is 1. The van der Waals surface area contributed by atoms with E-state index in [1.807, 2.05) is 0 Å². The minimum absolute atomic E-state index is 0.00600. The van der Waals surface area contributed by atoms with Gasteiger partial charge >= 0.3 is 0 Å². The molecule has 0 unspecified atom stereocenters. The van der Waals surface area contributed by atoms with Gasteiger partial charge in [0.2, 0.25) is 6.79 Å². The van der Waals surface area contributed by atoms with Crippen LogP contribution in [-0.2, 0) is 0 Å². The number of aliphatic hydroxyl groups is 1. The molecule has 0 radical (unpaired) electrons. The highest BCUT2D eigenvalue weighted by molar-refractivity contribution is 5.56. The fraction of sp³-hybridized carbons (Fsp3) is 0.455. The van der Waals surface area contributed by atoms with Crippen molar-refractivity contribution in [3.05, 3.63) is 27.8 Å². The molecule has 18 heavy (non-hydrogen) atoms. The summed E-state index contributed by atoms with van der Waals surface area (Å²) in [7, 11) is 0. The molecule has 0 fully saturated rings. The van der Waals surface area contributed by atoms with Crippen molar-refractivity contribution in [1.29, 1.82) is 0 Å². The Morgan fingerprint density at radius 1 is 1.44 bits per heavy atom. The summed E-state index contributed by atoms with van der Waals surface area (Å²) in [5, 5.41) is 19.8. The van der Waals surface area contributed by atoms with Gasteiger partial charge in [-0.2, -0.15) is 0 Å². The van der Waals surface area contributed by atoms with Gasteiger partial charge in [0.25, 0.3) is 5.69 Å². The van der Waals surface area contributed by atoms with E-state index in [4.69, 9.17) is 20.3 Å². The zero-order valence-corrected chi connectivity index (χ0v) is 9.67. The van der Waals surface area contributed by atoms with Gasteiger partial charge in [-0.15, -0.1) is 0 Å². The van der Waals surface area contributed by atoms with Crippen LogP contribution in [0.25, 0.3) is 0 Å². The summed E-state index contributed by atoms with van der Waals surface area (Å²) in [6, 6.07) is 2.37. The molecule has 0 spiro atoms. The Bertz CT molecular complexity index is 463. The highest BCUT2D eigenvalue weighted by Crippen LogP contribution is 2.40. The van der Waals surface area contributed by atoms with Crippen LogP contribution in [0.4, 0.5) is 5.69 Å². The molecule has 3 N–H and O–H groups in total. The van der Waals surface area contributed by atoms with Gasteiger partial charge in [-0.1, -0.05) is 0 Å². The van der Waals surface area contributed by atoms with Crippen LogP contribution in [0.3, 0.4) is 0 Å². The predicted molar refractivity (Wildman–Crippen MR) is 62.5 cm³/mol. The number of nitro benzene ring substituents is 1. The van der Waals surface area contributed by atoms with Crippen LogP contribution >= 0.6 is 0 Å². The van der Waals surface area contributed by atoms with E-state index in [1.54, 1.807) is 6.07 Å². The Morgan fingerprint density at radius 3 is 2.72 bits per heavy atom. The van der Waals surface area contributed by atoms with Crippen LogP contribution in [0.5, 0.6) is 11.5 Å². The molecule has 1 aliphatic heterocycles. The second-order valence-electron chi connectivity index (χ2n) is 3.99. The molecule has 0 saturated carbocycles. The number of benzene rings is 1. The van der Waals surface area contributed by atoms with E-state index in [1.165, 1.54) is 6.07 Å². The van der Waals surface area contributed by atoms with Crippen molar-refractivity contribution in [2.75, 3.05) is 13.4 Å². The highest BCUT2D eigenvalue weighted by Gasteiger charge is 2.26. The number of fused-ring (bicyclic) bond motifs is 1. The van der Waals surface area contributed by atoms with Crippen molar-refractivity contribution in [3.63, 3.8) is 0 Å². The minimum atomic E-state index is -0.507. The third-order valence-corrected chi connectivity index (χ3v) is 2.79. The summed E-state index contributed by atoms with van der Waals surface area (Å²) >= 11 is 0. The molecular weight excluding hydrogens is 240 g/mol. The number of ether oxygens (including phenoxy) is 2. The Hall–Kier alpha value is -1.86. The molecule has 1 atom stereocenters. The van der Waals surface area contributed by atoms with Gasteiger partial charge in [0.15, 0.2) is 11.5 Å². The second kappa shape index (κ2) is 5.19. The number of aliphatic hydroxyl groups excluding tert-OH is 1. The van der Waals surface area contributed by atoms with Gasteiger partial charge < -0.3 is 20.3 Å². The van der Waals surface area contributed by atoms with Crippen molar-refractivity contribution in [2.45, 2.75) is 18.9 Å². The number of hydrogen-bond donors (Lipinski definition) is 2. The molecule has 0 bridgehead atoms. The summed E-state index contributed by atoms with van der Waals surface area (Å²) < 4.78 is 10.3. The number of nitrogens with zero attached hydrogens (tertiary/aromatic N) is 1. The molecule has 98 valence electrons. The Kier molecular flexibility index (Phi) is 3.63. The van der Waals surface area contributed by atoms with Crippen molar-refractivity contribution < 1.29 is 19.5 Å². The Labute approximate surface area is 103 Å². The zero-order chi connectivity index (χ0) is 13.1. The van der Waals surface area contributed by atoms with E-state index in [0.717, 1.165) is 0 Å². The maximum atomic E-state index is 11.0. The Balaban J connectivity index is 2.35. The maximum Gasteiger partial charge on any atom is 0.278 e. The van der Waals surface area contributed by atoms with Gasteiger partial charge in [0.1, 0.15) is 0 Å². The van der Waals surface area contributed by atoms with E-state index in [0.29, 0.717) is 29.9 Å². The first kappa shape index (κ1) is 12.6. The standard InChI is InChI=1S/C11H14N2O5/c12-8(2-1-3-14)7-4-10-11(18-6-17-10)5-9(7)13(15)16/h4-5,8,14H,1-3,6,12H2/t8-/m0/s1. The molecule has 1 aliphatic rings. The third kappa shape index (κ3) is 2.36. The maximum absolute atomic E-state index is 11.0. The first-order chi connectivity index (χ1) is 8.63. The topological polar surface area (TPSA) is 108 Å². The van der Waals surface area contributed by atoms with Crippen molar-refractivity contribution in [1.82, 2.24) is 0 Å². The Morgan fingerprint density at radius 2 is 2.11 bits per heavy atom. The molecule has 7 heteroatoms. The molecule has 0 aliphatic carbocycles. The molecule has 1 aromatic carbocycles. The molecule has 0 saturated heterocycles. The van der Waals surface area contributed by atoms with Gasteiger partial charge in [-0.05, 0) is 18.9 Å². The van der Waals surface area contributed by atoms with Gasteiger partial charge in [-0.3, -0.25) is 10.1 Å². The second-order valence-corrected chi connectivity index (χ2v) is 3.99. The van der Waals surface area contributed by atoms with Crippen LogP contribution in [0, 0.1) is 10.1 Å². The van der Waals surface area contributed by atoms with E-state index in [2.05, 4.69) is 0 Å². The van der Waals surface area contributed by atoms with Crippen molar-refractivity contribution in [2.24, 2.45) is 5.73 Å². The zero-order valence-electron chi connectivity index (χ0n) is 9.67. The largest absolute Gasteiger partial charge is 0.454 e. The molecule has 2 rings (SSSR count). The average molecular weight is 254 g/mol. The predicted octanol–water partition coefficient (Wildman–Crippen LogP) is 1.10. The lowest BCUT2D eigenvalue weighted by Crippen LogP contribution is -2.13. The van der Waals surface area contributed by atoms with Crippen LogP contribution in [0.2, 0.25) is 0 Å². The van der Waals surface area contributed by atoms with Crippen LogP contribution in [-0.4, -0.2) is 23.4 Å². The summed E-state index contributed by atoms with van der Waals surface area (Å²) in [6.07, 6.45) is 0.962. The van der Waals surface area contributed by atoms with Gasteiger partial charge in [0.05, 0.1) is 16.6 Å². The van der Waals surface area contributed by atoms with Gasteiger partial charge in [0, 0.05) is 12.6 Å². The molecule has 0 amide bonds. The minimum Gasteiger partial charge on any atom is -0.454 e. The first-order valence-corrected chi connectivity index (χ1v) is 5.58. The molecular formula is C11H14N2O5. The van der Waals surface area contributed by atoms with Crippen LogP contribution in [0.15, 0.2) is 12.1 Å². The average Bonchev–Trinajstić information content (AvgIpc) is 2.81. The molecule has 1 aromatic rings. The van der Waals surface area contributed by atoms with E-state index < -0.39 is 11.0 Å². The summed E-state index contributed by atoms with van der Waals surface area (Å²) in [6.45, 7) is 0.0634. The normalized spacial score (nSPS) is 14.6. The lowest BCUT2D eigenvalue weighted by molar-refractivity contribution is -0.385. The lowest BCUT2D eigenvalue weighted by atomic mass is 10.0. The van der Waals surface area contributed by atoms with Crippen LogP contribution in [0.1, 0.15) is 24.4 Å². The SMILES string of the molecule is N[C@@H](CCCO)c1cc2c(cc1[N+](=O)[O-])OCO2. The summed E-state index contributed by atoms with van der Waals surface area (Å²) in [4.78, 5) is 10.5. The smallest absolute Gasteiger partial charge is 0.278 e. The summed E-state index contributed by atoms with van der Waals surface area (Å²) in [5.41, 5.74) is 6.22. The number of rotatable bonds is 5. The van der Waals surface area contributed by atoms with Crippen LogP contribution < -0.4 is 15.2 Å². The quantitative estimate of drug-likeness (QED) is 0.601. The summed E-state index contributed by atoms with van der Waals surface area (Å²) in [5.74, 6) is 0.829. The fourth-order valence-electron chi connectivity index (χ4n) is 1.87. The third-order valence-electron chi connectivity index (χ3n) is 2.79. The van der Waals surface area contributed by atoms with Crippen molar-refractivity contribution in [3.8, 4) is 11.5 Å². The van der Waals surface area contributed by atoms with E-state index in [9.17, 15) is 10.1 Å². The van der Waals surface area contributed by atoms with Crippen molar-refractivity contribution >= 4 is 5.69 Å². The fourth-order valence-corrected chi connectivity index (χ4v) is 1.87. The van der Waals surface area contributed by atoms with E-state index in [-0.39, 0.29) is 19.1 Å². The monoisotopic (exact) mass is 254 g/mol. The molecule has 1 heterocycles. The first-order valence-electron chi connectivity index (χ1n) is 5.58. The lowest BCUT2D eigenvalue weighted by Gasteiger charge is -2.12. The molecule has 7 nitrogen and oxygen atoms in total. The number of hydrogen-bond acceptors (Lipinski definition) is 6. The van der Waals surface area contributed by atoms with E-state index >= 15 is 0 Å². The van der Waals surface area contributed by atoms with Gasteiger partial charge in [-0.25, -0.2) is 0 Å². The molecule has 0 aromatic heterocycles. The highest BCUT2D eigenvalue weighted by atomic mass is 16.7. The number of nitrogens with two attached hydrogens (primary N) is 1.